The second-order valence-corrected chi connectivity index (χ2v) is 2.33. The average Bonchev–Trinajstić information content (AvgIpc) is 1.82. The summed E-state index contributed by atoms with van der Waals surface area (Å²) in [6, 6.07) is -2.76. The summed E-state index contributed by atoms with van der Waals surface area (Å²) in [7, 11) is 0. The van der Waals surface area contributed by atoms with E-state index in [0.29, 0.717) is 0 Å². The van der Waals surface area contributed by atoms with Gasteiger partial charge in [-0.05, 0) is 0 Å². The van der Waals surface area contributed by atoms with Gasteiger partial charge < -0.3 is 10.8 Å². The minimum Gasteiger partial charge on any atom is -0.481 e. The molecule has 0 aromatic rings. The van der Waals surface area contributed by atoms with Crippen LogP contribution in [0.25, 0.3) is 0 Å². The number of carboxylic acid groups (broad SMARTS) is 1. The summed E-state index contributed by atoms with van der Waals surface area (Å²) in [6.07, 6.45) is -7.26. The maximum Gasteiger partial charge on any atom is 0.454 e. The molecule has 0 heterocycles. The Balaban J connectivity index is 4.54. The summed E-state index contributed by atoms with van der Waals surface area (Å²) in [5, 5.41) is 7.93. The van der Waals surface area contributed by atoms with Crippen molar-refractivity contribution in [3.05, 3.63) is 0 Å². The predicted molar refractivity (Wildman–Crippen MR) is 31.2 cm³/mol. The van der Waals surface area contributed by atoms with E-state index < -0.39 is 30.5 Å². The van der Waals surface area contributed by atoms with Crippen LogP contribution in [0.15, 0.2) is 0 Å². The van der Waals surface area contributed by atoms with Crippen LogP contribution >= 0.6 is 0 Å². The zero-order valence-corrected chi connectivity index (χ0v) is 6.11. The molecule has 8 heteroatoms. The molecule has 0 fully saturated rings. The molecule has 1 atom stereocenters. The average molecular weight is 207 g/mol. The van der Waals surface area contributed by atoms with Gasteiger partial charge in [0.1, 0.15) is 0 Å². The fourth-order valence-electron chi connectivity index (χ4n) is 0.527. The third-order valence-corrected chi connectivity index (χ3v) is 1.24. The Labute approximate surface area is 69.3 Å². The van der Waals surface area contributed by atoms with E-state index in [0.717, 1.165) is 0 Å². The normalized spacial score (nSPS) is 15.5. The van der Waals surface area contributed by atoms with Gasteiger partial charge in [0, 0.05) is 0 Å². The molecule has 0 aliphatic heterocycles. The molecular weight excluding hydrogens is 201 g/mol. The maximum atomic E-state index is 12.2. The summed E-state index contributed by atoms with van der Waals surface area (Å²) in [6.45, 7) is 0. The first-order valence-electron chi connectivity index (χ1n) is 3.01. The smallest absolute Gasteiger partial charge is 0.454 e. The molecule has 0 unspecified atom stereocenters. The maximum absolute atomic E-state index is 12.2. The largest absolute Gasteiger partial charge is 0.481 e. The van der Waals surface area contributed by atoms with Crippen molar-refractivity contribution in [2.45, 2.75) is 24.6 Å². The summed E-state index contributed by atoms with van der Waals surface area (Å²) in [4.78, 5) is 9.80. The van der Waals surface area contributed by atoms with Crippen molar-refractivity contribution < 1.29 is 31.9 Å². The second kappa shape index (κ2) is 3.44. The summed E-state index contributed by atoms with van der Waals surface area (Å²) in [5.74, 6) is -6.98. The number of alkyl halides is 5. The molecule has 0 spiro atoms. The van der Waals surface area contributed by atoms with Gasteiger partial charge in [0.25, 0.3) is 0 Å². The van der Waals surface area contributed by atoms with Gasteiger partial charge in [-0.2, -0.15) is 22.0 Å². The number of rotatable bonds is 3. The van der Waals surface area contributed by atoms with Crippen molar-refractivity contribution in [1.82, 2.24) is 0 Å². The lowest BCUT2D eigenvalue weighted by Crippen LogP contribution is -2.52. The summed E-state index contributed by atoms with van der Waals surface area (Å²) >= 11 is 0. The highest BCUT2D eigenvalue weighted by atomic mass is 19.4. The van der Waals surface area contributed by atoms with Crippen LogP contribution in [0.1, 0.15) is 6.42 Å². The number of hydrogen-bond acceptors (Lipinski definition) is 2. The molecule has 0 aliphatic rings. The molecule has 3 N–H and O–H groups in total. The lowest BCUT2D eigenvalue weighted by atomic mass is 10.1. The van der Waals surface area contributed by atoms with Gasteiger partial charge in [0.05, 0.1) is 12.5 Å². The Morgan fingerprint density at radius 1 is 1.31 bits per heavy atom. The molecule has 0 bridgehead atoms. The van der Waals surface area contributed by atoms with Gasteiger partial charge >= 0.3 is 18.1 Å². The van der Waals surface area contributed by atoms with Crippen molar-refractivity contribution in [2.24, 2.45) is 5.73 Å². The first kappa shape index (κ1) is 12.1. The molecule has 0 aromatic carbocycles. The topological polar surface area (TPSA) is 63.3 Å². The van der Waals surface area contributed by atoms with Gasteiger partial charge in [0.15, 0.2) is 0 Å². The molecule has 78 valence electrons. The van der Waals surface area contributed by atoms with Gasteiger partial charge in [-0.3, -0.25) is 4.79 Å². The van der Waals surface area contributed by atoms with Crippen LogP contribution in [-0.4, -0.2) is 29.2 Å². The van der Waals surface area contributed by atoms with Crippen molar-refractivity contribution in [2.75, 3.05) is 0 Å². The summed E-state index contributed by atoms with van der Waals surface area (Å²) < 4.78 is 58.9. The molecule has 0 amide bonds. The minimum atomic E-state index is -5.82. The van der Waals surface area contributed by atoms with E-state index in [-0.39, 0.29) is 0 Å². The van der Waals surface area contributed by atoms with Crippen molar-refractivity contribution >= 4 is 5.97 Å². The van der Waals surface area contributed by atoms with E-state index in [1.54, 1.807) is 0 Å². The van der Waals surface area contributed by atoms with Crippen molar-refractivity contribution in [3.8, 4) is 0 Å². The zero-order chi connectivity index (χ0) is 10.9. The van der Waals surface area contributed by atoms with Crippen LogP contribution in [0.2, 0.25) is 0 Å². The van der Waals surface area contributed by atoms with E-state index in [1.165, 1.54) is 0 Å². The predicted octanol–water partition coefficient (Wildman–Crippen LogP) is 0.986. The number of aliphatic carboxylic acids is 1. The Morgan fingerprint density at radius 2 is 1.69 bits per heavy atom. The third-order valence-electron chi connectivity index (χ3n) is 1.24. The summed E-state index contributed by atoms with van der Waals surface area (Å²) in [5.41, 5.74) is 4.39. The highest BCUT2D eigenvalue weighted by Crippen LogP contribution is 2.38. The van der Waals surface area contributed by atoms with Gasteiger partial charge in [-0.1, -0.05) is 0 Å². The number of carbonyl (C=O) groups is 1. The Kier molecular flexibility index (Phi) is 3.20. The number of hydrogen-bond donors (Lipinski definition) is 2. The fraction of sp³-hybridized carbons (Fsp3) is 0.800. The standard InChI is InChI=1S/C5H6F5NO2/c6-4(7,5(8,9)10)2(11)1-3(12)13/h2H,1,11H2,(H,12,13)/t2-/m0/s1. The van der Waals surface area contributed by atoms with Crippen molar-refractivity contribution in [1.29, 1.82) is 0 Å². The van der Waals surface area contributed by atoms with Gasteiger partial charge in [-0.25, -0.2) is 0 Å². The molecule has 0 saturated heterocycles. The molecule has 0 aromatic heterocycles. The molecular formula is C5H6F5NO2. The fourth-order valence-corrected chi connectivity index (χ4v) is 0.527. The first-order chi connectivity index (χ1) is 5.59. The molecule has 0 aliphatic carbocycles. The highest BCUT2D eigenvalue weighted by Gasteiger charge is 2.61. The molecule has 0 radical (unpaired) electrons. The lowest BCUT2D eigenvalue weighted by Gasteiger charge is -2.24. The number of halogens is 5. The Morgan fingerprint density at radius 3 is 1.92 bits per heavy atom. The van der Waals surface area contributed by atoms with Crippen molar-refractivity contribution in [3.63, 3.8) is 0 Å². The molecule has 0 saturated carbocycles. The van der Waals surface area contributed by atoms with Gasteiger partial charge in [-0.15, -0.1) is 0 Å². The van der Waals surface area contributed by atoms with Crippen LogP contribution in [0.4, 0.5) is 22.0 Å². The first-order valence-corrected chi connectivity index (χ1v) is 3.01. The number of nitrogens with two attached hydrogens (primary N) is 1. The van der Waals surface area contributed by atoms with Crippen LogP contribution < -0.4 is 5.73 Å². The molecule has 13 heavy (non-hydrogen) atoms. The van der Waals surface area contributed by atoms with Crippen LogP contribution in [-0.2, 0) is 4.79 Å². The number of carboxylic acids is 1. The quantitative estimate of drug-likeness (QED) is 0.678. The van der Waals surface area contributed by atoms with Crippen LogP contribution in [0.3, 0.4) is 0 Å². The zero-order valence-electron chi connectivity index (χ0n) is 6.11. The molecule has 3 nitrogen and oxygen atoms in total. The monoisotopic (exact) mass is 207 g/mol. The van der Waals surface area contributed by atoms with Gasteiger partial charge in [0.2, 0.25) is 0 Å². The SMILES string of the molecule is N[C@@H](CC(=O)O)C(F)(F)C(F)(F)F. The van der Waals surface area contributed by atoms with Crippen LogP contribution in [0, 0.1) is 0 Å². The minimum absolute atomic E-state index is 1.44. The molecule has 0 rings (SSSR count). The van der Waals surface area contributed by atoms with E-state index in [9.17, 15) is 26.7 Å². The Bertz CT molecular complexity index is 202. The third kappa shape index (κ3) is 2.79. The highest BCUT2D eigenvalue weighted by molar-refractivity contribution is 5.67. The lowest BCUT2D eigenvalue weighted by molar-refractivity contribution is -0.289. The van der Waals surface area contributed by atoms with Crippen LogP contribution in [0.5, 0.6) is 0 Å². The Hall–Kier alpha value is -0.920. The van der Waals surface area contributed by atoms with E-state index in [4.69, 9.17) is 5.11 Å². The van der Waals surface area contributed by atoms with E-state index in [1.807, 2.05) is 0 Å². The second-order valence-electron chi connectivity index (χ2n) is 2.33. The van der Waals surface area contributed by atoms with E-state index >= 15 is 0 Å². The van der Waals surface area contributed by atoms with E-state index in [2.05, 4.69) is 5.73 Å².